The molecule has 502 valence electrons. The summed E-state index contributed by atoms with van der Waals surface area (Å²) < 4.78 is 24.4. The summed E-state index contributed by atoms with van der Waals surface area (Å²) in [7, 11) is 3.41. The number of aromatic nitrogens is 4. The summed E-state index contributed by atoms with van der Waals surface area (Å²) >= 11 is 0. The summed E-state index contributed by atoms with van der Waals surface area (Å²) in [5, 5.41) is 53.3. The van der Waals surface area contributed by atoms with E-state index in [4.69, 9.17) is 28.9 Å². The minimum absolute atomic E-state index is 0.0310. The van der Waals surface area contributed by atoms with E-state index in [0.717, 1.165) is 115 Å². The predicted molar refractivity (Wildman–Crippen MR) is 368 cm³/mol. The molecular weight excluding hydrogens is 1220 g/mol. The van der Waals surface area contributed by atoms with Gasteiger partial charge in [0.15, 0.2) is 6.29 Å². The summed E-state index contributed by atoms with van der Waals surface area (Å²) in [5.41, 5.74) is 15.9. The van der Waals surface area contributed by atoms with Gasteiger partial charge < -0.3 is 70.2 Å². The highest BCUT2D eigenvalue weighted by molar-refractivity contribution is 5.98. The molecule has 4 aromatic carbocycles. The lowest BCUT2D eigenvalue weighted by molar-refractivity contribution is -0.280. The number of amides is 3. The van der Waals surface area contributed by atoms with E-state index in [1.54, 1.807) is 6.92 Å². The van der Waals surface area contributed by atoms with E-state index in [1.165, 1.54) is 7.11 Å². The second kappa shape index (κ2) is 30.0. The molecule has 6 aliphatic heterocycles. The maximum Gasteiger partial charge on any atom is 0.238 e. The van der Waals surface area contributed by atoms with Crippen LogP contribution in [0.1, 0.15) is 36.1 Å². The van der Waals surface area contributed by atoms with E-state index in [-0.39, 0.29) is 37.9 Å². The van der Waals surface area contributed by atoms with Crippen molar-refractivity contribution in [2.75, 3.05) is 105 Å². The zero-order valence-electron chi connectivity index (χ0n) is 54.4. The number of aliphatic hydroxyl groups excluding tert-OH is 4. The Morgan fingerprint density at radius 2 is 1.00 bits per heavy atom. The molecular formula is C74H85N11O11. The van der Waals surface area contributed by atoms with Crippen LogP contribution in [0.4, 0.5) is 5.69 Å². The number of H-pyrrole nitrogens is 2. The molecule has 0 aliphatic carbocycles. The summed E-state index contributed by atoms with van der Waals surface area (Å²) in [6.45, 7) is 5.82. The van der Waals surface area contributed by atoms with E-state index in [1.807, 2.05) is 76.3 Å². The number of piperazine rings is 2. The molecule has 96 heavy (non-hydrogen) atoms. The average Bonchev–Trinajstić information content (AvgIpc) is 1.49. The molecule has 3 aromatic heterocycles. The Bertz CT molecular complexity index is 4060. The zero-order valence-corrected chi connectivity index (χ0v) is 54.4. The number of carbonyl (C=O) groups is 3. The first-order valence-electron chi connectivity index (χ1n) is 33.3. The number of hydrogen-bond donors (Lipinski definition) is 9. The van der Waals surface area contributed by atoms with Gasteiger partial charge in [-0.15, -0.1) is 0 Å². The molecule has 3 amide bonds. The number of aliphatic hydroxyl groups is 4. The van der Waals surface area contributed by atoms with Crippen molar-refractivity contribution in [1.29, 1.82) is 0 Å². The van der Waals surface area contributed by atoms with Crippen LogP contribution >= 0.6 is 0 Å². The molecule has 0 radical (unpaired) electrons. The van der Waals surface area contributed by atoms with Crippen LogP contribution < -0.4 is 16.0 Å². The fraction of sp³-hybridized carbons (Fsp3) is 0.392. The molecule has 0 saturated carbocycles. The van der Waals surface area contributed by atoms with E-state index >= 15 is 0 Å². The van der Waals surface area contributed by atoms with Gasteiger partial charge in [-0.1, -0.05) is 103 Å². The number of carbonyl (C=O) groups excluding carboxylic acids is 3. The molecule has 5 unspecified atom stereocenters. The van der Waals surface area contributed by atoms with Crippen LogP contribution in [0.3, 0.4) is 0 Å². The van der Waals surface area contributed by atoms with Crippen molar-refractivity contribution in [3.8, 4) is 44.5 Å². The lowest BCUT2D eigenvalue weighted by Gasteiger charge is -2.45. The second-order valence-electron chi connectivity index (χ2n) is 25.8. The molecule has 0 spiro atoms. The molecule has 4 saturated heterocycles. The Hall–Kier alpha value is -8.33. The molecule has 9 heterocycles. The normalized spacial score (nSPS) is 24.5. The fourth-order valence-corrected chi connectivity index (χ4v) is 14.3. The number of aryl methyl sites for hydroxylation is 2. The standard InChI is InChI=1S/C74H85N11O11/c1-45-70(81-65(91)42-83-33-31-82(2)32-34-83)71(92)73(62(44-87)94-45)96-74-59(39-60(88)72(93-3)61(43-86)95-74)80-64(90)41-85-37-35-84(36-38-85)40-63(89)75-50-21-19-49(20-22-50)69-57-29-27-55(78-57)67(47-15-9-5-10-16-47)53-25-23-51(76-53)66(46-13-7-4-8-14-46)52-24-26-54(77-52)68(48-17-11-6-12-18-48)56-28-30-58(69)79-56/h4-23,25,27-30,45,59-62,70-74,76,79,86-88,92H,24,26,31-44H2,1-3H3,(H,75,89)(H,80,90)(H,81,91)/t45-,59?,60?,61+,62?,70?,71?,72-,73+,74-/m0/s1. The first-order chi connectivity index (χ1) is 46.8. The van der Waals surface area contributed by atoms with Gasteiger partial charge >= 0.3 is 0 Å². The summed E-state index contributed by atoms with van der Waals surface area (Å²) in [5.74, 6) is -0.900. The zero-order chi connectivity index (χ0) is 66.4. The van der Waals surface area contributed by atoms with Gasteiger partial charge in [0.2, 0.25) is 17.7 Å². The van der Waals surface area contributed by atoms with Crippen LogP contribution in [0.25, 0.3) is 78.7 Å². The number of ether oxygens (including phenoxy) is 4. The number of rotatable bonds is 18. The summed E-state index contributed by atoms with van der Waals surface area (Å²) in [6, 6.07) is 45.7. The third kappa shape index (κ3) is 14.8. The molecule has 22 nitrogen and oxygen atoms in total. The lowest BCUT2D eigenvalue weighted by atomic mass is 9.93. The minimum atomic E-state index is -1.39. The van der Waals surface area contributed by atoms with Gasteiger partial charge in [-0.25, -0.2) is 4.98 Å². The SMILES string of the molecule is CO[C@H]1C(O)CC(NC(=O)CN2CCN(CC(=O)Nc3ccc(-c4c5nc(c(-c6ccccc6)c6ccc([nH]6)c(-c6ccccc6)c6nc(c(-c7ccccc7)c7ccc4[nH]7)CC6)C=C5)cc3)CC2)[C@H](O[C@@H]2C(CO)O[C@@H](C)C(NC(=O)CN3CCN(C)CC3)C2O)O[C@@H]1CO. The first-order valence-corrected chi connectivity index (χ1v) is 33.3. The van der Waals surface area contributed by atoms with Crippen molar-refractivity contribution in [3.63, 3.8) is 0 Å². The third-order valence-corrected chi connectivity index (χ3v) is 19.3. The number of fused-ring (bicyclic) bond motifs is 8. The number of methoxy groups -OCH3 is 1. The second-order valence-corrected chi connectivity index (χ2v) is 25.8. The third-order valence-electron chi connectivity index (χ3n) is 19.3. The van der Waals surface area contributed by atoms with Gasteiger partial charge in [0.25, 0.3) is 0 Å². The first kappa shape index (κ1) is 66.3. The van der Waals surface area contributed by atoms with Crippen LogP contribution in [0.2, 0.25) is 0 Å². The van der Waals surface area contributed by atoms with E-state index in [9.17, 15) is 34.8 Å². The summed E-state index contributed by atoms with van der Waals surface area (Å²) in [6.07, 6.45) is -3.57. The average molecular weight is 1300 g/mol. The predicted octanol–water partition coefficient (Wildman–Crippen LogP) is 5.72. The van der Waals surface area contributed by atoms with Crippen molar-refractivity contribution < 1.29 is 53.8 Å². The van der Waals surface area contributed by atoms with Crippen LogP contribution in [-0.2, 0) is 46.2 Å². The number of likely N-dealkylation sites (N-methyl/N-ethyl adjacent to an activating group) is 1. The van der Waals surface area contributed by atoms with Gasteiger partial charge in [0.1, 0.15) is 30.5 Å². The van der Waals surface area contributed by atoms with Crippen LogP contribution in [-0.4, -0.2) is 238 Å². The highest BCUT2D eigenvalue weighted by Gasteiger charge is 2.49. The van der Waals surface area contributed by atoms with Crippen molar-refractivity contribution in [2.45, 2.75) is 87.3 Å². The molecule has 9 N–H and O–H groups in total. The Labute approximate surface area is 557 Å². The topological polar surface area (TPSA) is 275 Å². The number of benzene rings is 4. The van der Waals surface area contributed by atoms with Gasteiger partial charge in [-0.3, -0.25) is 34.1 Å². The van der Waals surface area contributed by atoms with Crippen molar-refractivity contribution in [3.05, 3.63) is 162 Å². The van der Waals surface area contributed by atoms with Crippen LogP contribution in [0.5, 0.6) is 0 Å². The molecule has 22 heteroatoms. The van der Waals surface area contributed by atoms with Crippen molar-refractivity contribution in [2.24, 2.45) is 0 Å². The Kier molecular flexibility index (Phi) is 20.7. The quantitative estimate of drug-likeness (QED) is 0.0497. The number of anilines is 1. The van der Waals surface area contributed by atoms with Crippen molar-refractivity contribution >= 4 is 57.6 Å². The van der Waals surface area contributed by atoms with Gasteiger partial charge in [-0.05, 0) is 97.6 Å². The molecule has 6 aliphatic rings. The largest absolute Gasteiger partial charge is 0.394 e. The van der Waals surface area contributed by atoms with Gasteiger partial charge in [0, 0.05) is 116 Å². The minimum Gasteiger partial charge on any atom is -0.394 e. The lowest BCUT2D eigenvalue weighted by Crippen LogP contribution is -2.66. The van der Waals surface area contributed by atoms with E-state index in [0.29, 0.717) is 45.0 Å². The Morgan fingerprint density at radius 3 is 1.50 bits per heavy atom. The fourth-order valence-electron chi connectivity index (χ4n) is 14.3. The molecule has 13 rings (SSSR count). The number of nitrogens with one attached hydrogen (secondary N) is 5. The maximum absolute atomic E-state index is 14.0. The van der Waals surface area contributed by atoms with Gasteiger partial charge in [0.05, 0.1) is 79.9 Å². The number of aromatic amines is 2. The molecule has 4 fully saturated rings. The summed E-state index contributed by atoms with van der Waals surface area (Å²) in [4.78, 5) is 68.1. The van der Waals surface area contributed by atoms with E-state index in [2.05, 4.69) is 128 Å². The van der Waals surface area contributed by atoms with Crippen molar-refractivity contribution in [1.82, 2.24) is 50.2 Å². The highest BCUT2D eigenvalue weighted by atomic mass is 16.7. The number of hydrogen-bond acceptors (Lipinski definition) is 17. The van der Waals surface area contributed by atoms with Crippen LogP contribution in [0.15, 0.2) is 140 Å². The van der Waals surface area contributed by atoms with Crippen LogP contribution in [0, 0.1) is 0 Å². The monoisotopic (exact) mass is 1300 g/mol. The molecule has 10 atom stereocenters. The smallest absolute Gasteiger partial charge is 0.238 e. The maximum atomic E-state index is 14.0. The Morgan fingerprint density at radius 1 is 0.552 bits per heavy atom. The highest BCUT2D eigenvalue weighted by Crippen LogP contribution is 2.39. The molecule has 7 aromatic rings. The van der Waals surface area contributed by atoms with Gasteiger partial charge in [-0.2, -0.15) is 0 Å². The Balaban J connectivity index is 0.700. The van der Waals surface area contributed by atoms with E-state index < -0.39 is 80.2 Å². The number of nitrogens with zero attached hydrogens (tertiary/aromatic N) is 6. The molecule has 8 bridgehead atoms.